The molecule has 9 nitrogen and oxygen atoms in total. The number of rotatable bonds is 16. The van der Waals surface area contributed by atoms with Gasteiger partial charge in [0.15, 0.2) is 0 Å². The zero-order chi connectivity index (χ0) is 22.9. The first-order valence-corrected chi connectivity index (χ1v) is 10.3. The fourth-order valence-corrected chi connectivity index (χ4v) is 2.60. The van der Waals surface area contributed by atoms with Crippen molar-refractivity contribution in [3.8, 4) is 0 Å². The summed E-state index contributed by atoms with van der Waals surface area (Å²) in [6, 6.07) is 0. The Balaban J connectivity index is 3.99. The molecule has 0 unspecified atom stereocenters. The molecule has 0 aliphatic rings. The number of nitrogens with zero attached hydrogens (tertiary/aromatic N) is 1. The van der Waals surface area contributed by atoms with Crippen LogP contribution < -0.4 is 15.8 Å². The molecule has 4 amide bonds. The molecule has 0 aromatic carbocycles. The van der Waals surface area contributed by atoms with Gasteiger partial charge in [0.2, 0.25) is 39.6 Å². The highest BCUT2D eigenvalue weighted by Crippen LogP contribution is 2.06. The van der Waals surface area contributed by atoms with Crippen LogP contribution in [0.15, 0.2) is 0 Å². The largest absolute Gasteiger partial charge is 0.408 e. The molecule has 0 heterocycles. The van der Waals surface area contributed by atoms with Crippen molar-refractivity contribution in [1.82, 2.24) is 20.7 Å². The highest BCUT2D eigenvalue weighted by Gasteiger charge is 2.18. The molecule has 0 saturated carbocycles. The Morgan fingerprint density at radius 2 is 1.27 bits per heavy atom. The summed E-state index contributed by atoms with van der Waals surface area (Å²) < 4.78 is 0. The van der Waals surface area contributed by atoms with Gasteiger partial charge in [-0.3, -0.25) is 24.0 Å². The lowest BCUT2D eigenvalue weighted by Crippen LogP contribution is -2.45. The predicted molar refractivity (Wildman–Crippen MR) is 114 cm³/mol. The molecule has 0 saturated heterocycles. The van der Waals surface area contributed by atoms with E-state index in [1.54, 1.807) is 0 Å². The topological polar surface area (TPSA) is 125 Å². The van der Waals surface area contributed by atoms with Gasteiger partial charge in [0.05, 0.1) is 13.1 Å². The quantitative estimate of drug-likeness (QED) is 0.234. The second-order valence-electron chi connectivity index (χ2n) is 7.37. The lowest BCUT2D eigenvalue weighted by atomic mass is 10.0. The summed E-state index contributed by atoms with van der Waals surface area (Å²) in [4.78, 5) is 59.4. The summed E-state index contributed by atoms with van der Waals surface area (Å²) in [7, 11) is 10.0. The first-order valence-electron chi connectivity index (χ1n) is 10.3. The SMILES string of the molecule is [B]NC(=O)CN(CC(=O)N[B])C(=O)CCCCC(=O)NCCCCCC(=O)C(C)C. The summed E-state index contributed by atoms with van der Waals surface area (Å²) in [5.41, 5.74) is 0. The first-order chi connectivity index (χ1) is 14.2. The Labute approximate surface area is 181 Å². The fourth-order valence-electron chi connectivity index (χ4n) is 2.60. The molecule has 3 N–H and O–H groups in total. The maximum absolute atomic E-state index is 12.2. The summed E-state index contributed by atoms with van der Waals surface area (Å²) in [5.74, 6) is -1.39. The van der Waals surface area contributed by atoms with Crippen molar-refractivity contribution in [1.29, 1.82) is 0 Å². The minimum atomic E-state index is -0.610. The van der Waals surface area contributed by atoms with E-state index in [4.69, 9.17) is 16.0 Å². The molecule has 0 aromatic heterocycles. The molecule has 4 radical (unpaired) electrons. The number of nitrogens with one attached hydrogen (secondary N) is 3. The van der Waals surface area contributed by atoms with E-state index in [-0.39, 0.29) is 43.5 Å². The van der Waals surface area contributed by atoms with Crippen LogP contribution in [0, 0.1) is 5.92 Å². The van der Waals surface area contributed by atoms with Gasteiger partial charge >= 0.3 is 0 Å². The molecular weight excluding hydrogens is 386 g/mol. The monoisotopic (exact) mass is 418 g/mol. The van der Waals surface area contributed by atoms with Crippen molar-refractivity contribution in [3.63, 3.8) is 0 Å². The lowest BCUT2D eigenvalue weighted by molar-refractivity contribution is -0.138. The number of unbranched alkanes of at least 4 members (excludes halogenated alkanes) is 3. The van der Waals surface area contributed by atoms with Crippen LogP contribution in [-0.4, -0.2) is 69.9 Å². The van der Waals surface area contributed by atoms with Gasteiger partial charge in [-0.2, -0.15) is 0 Å². The van der Waals surface area contributed by atoms with Gasteiger partial charge in [-0.25, -0.2) is 0 Å². The zero-order valence-electron chi connectivity index (χ0n) is 18.0. The first kappa shape index (κ1) is 27.7. The molecule has 0 aliphatic carbocycles. The van der Waals surface area contributed by atoms with Crippen LogP contribution in [0.2, 0.25) is 0 Å². The molecule has 0 fully saturated rings. The van der Waals surface area contributed by atoms with Crippen molar-refractivity contribution in [3.05, 3.63) is 0 Å². The molecular formula is C19H32B2N4O5. The molecule has 0 aromatic rings. The van der Waals surface area contributed by atoms with Crippen LogP contribution in [0.25, 0.3) is 0 Å². The average Bonchev–Trinajstić information content (AvgIpc) is 2.72. The average molecular weight is 418 g/mol. The Hall–Kier alpha value is -2.32. The molecule has 0 atom stereocenters. The maximum Gasteiger partial charge on any atom is 0.226 e. The fraction of sp³-hybridized carbons (Fsp3) is 0.737. The maximum atomic E-state index is 12.2. The smallest absolute Gasteiger partial charge is 0.226 e. The third kappa shape index (κ3) is 13.8. The summed E-state index contributed by atoms with van der Waals surface area (Å²) in [5, 5.41) is 6.62. The normalized spacial score (nSPS) is 10.4. The van der Waals surface area contributed by atoms with Crippen LogP contribution in [-0.2, 0) is 24.0 Å². The Bertz CT molecular complexity index is 569. The van der Waals surface area contributed by atoms with Gasteiger partial charge in [0.1, 0.15) is 5.78 Å². The third-order valence-corrected chi connectivity index (χ3v) is 4.45. The van der Waals surface area contributed by atoms with Gasteiger partial charge in [-0.1, -0.05) is 20.3 Å². The van der Waals surface area contributed by atoms with Crippen LogP contribution in [0.1, 0.15) is 65.2 Å². The van der Waals surface area contributed by atoms with Crippen LogP contribution in [0.5, 0.6) is 0 Å². The van der Waals surface area contributed by atoms with E-state index in [0.717, 1.165) is 24.2 Å². The summed E-state index contributed by atoms with van der Waals surface area (Å²) in [6.07, 6.45) is 4.42. The van der Waals surface area contributed by atoms with Gasteiger partial charge in [-0.05, 0) is 25.7 Å². The van der Waals surface area contributed by atoms with Crippen LogP contribution >= 0.6 is 0 Å². The number of hydrogen-bond donors (Lipinski definition) is 3. The van der Waals surface area contributed by atoms with E-state index in [1.165, 1.54) is 0 Å². The molecule has 0 bridgehead atoms. The van der Waals surface area contributed by atoms with Gasteiger partial charge < -0.3 is 20.7 Å². The Morgan fingerprint density at radius 1 is 0.733 bits per heavy atom. The van der Waals surface area contributed by atoms with E-state index in [2.05, 4.69) is 5.32 Å². The number of amides is 4. The van der Waals surface area contributed by atoms with E-state index in [1.807, 2.05) is 24.3 Å². The van der Waals surface area contributed by atoms with Gasteiger partial charge in [-0.15, -0.1) is 0 Å². The Kier molecular flexibility index (Phi) is 15.2. The van der Waals surface area contributed by atoms with Crippen molar-refractivity contribution in [2.75, 3.05) is 19.6 Å². The van der Waals surface area contributed by atoms with Gasteiger partial charge in [0.25, 0.3) is 0 Å². The molecule has 164 valence electrons. The summed E-state index contributed by atoms with van der Waals surface area (Å²) in [6.45, 7) is 3.63. The number of ketones is 1. The highest BCUT2D eigenvalue weighted by atomic mass is 16.2. The second-order valence-corrected chi connectivity index (χ2v) is 7.37. The zero-order valence-corrected chi connectivity index (χ0v) is 18.0. The molecule has 30 heavy (non-hydrogen) atoms. The van der Waals surface area contributed by atoms with E-state index >= 15 is 0 Å². The minimum absolute atomic E-state index is 0.0688. The van der Waals surface area contributed by atoms with E-state index in [0.29, 0.717) is 25.8 Å². The van der Waals surface area contributed by atoms with Crippen molar-refractivity contribution >= 4 is 45.4 Å². The van der Waals surface area contributed by atoms with E-state index < -0.39 is 17.7 Å². The number of carbonyl (C=O) groups is 5. The standard InChI is InChI=1S/C19H32B2N4O5/c1-14(2)15(26)8-4-3-7-11-22-16(27)9-5-6-10-19(30)25(12-17(28)23-20)13-18(29)24-21/h14H,3-13H2,1-2H3,(H,22,27)(H,23,28)(H,24,29). The van der Waals surface area contributed by atoms with Crippen molar-refractivity contribution in [2.24, 2.45) is 5.92 Å². The third-order valence-electron chi connectivity index (χ3n) is 4.45. The summed E-state index contributed by atoms with van der Waals surface area (Å²) >= 11 is 0. The molecule has 0 spiro atoms. The lowest BCUT2D eigenvalue weighted by Gasteiger charge is -2.21. The van der Waals surface area contributed by atoms with Crippen LogP contribution in [0.3, 0.4) is 0 Å². The Morgan fingerprint density at radius 3 is 1.80 bits per heavy atom. The number of hydrogen-bond acceptors (Lipinski definition) is 5. The number of Topliss-reactive ketones (excluding diaryl/α,β-unsaturated/α-hetero) is 1. The van der Waals surface area contributed by atoms with Gasteiger partial charge in [0, 0.05) is 31.7 Å². The van der Waals surface area contributed by atoms with Crippen LogP contribution in [0.4, 0.5) is 0 Å². The number of carbonyl (C=O) groups excluding carboxylic acids is 5. The van der Waals surface area contributed by atoms with Crippen molar-refractivity contribution < 1.29 is 24.0 Å². The molecule has 11 heteroatoms. The predicted octanol–water partition coefficient (Wildman–Crippen LogP) is -0.323. The minimum Gasteiger partial charge on any atom is -0.408 e. The second kappa shape index (κ2) is 16.5. The molecule has 0 rings (SSSR count). The highest BCUT2D eigenvalue weighted by molar-refractivity contribution is 6.15. The van der Waals surface area contributed by atoms with Crippen molar-refractivity contribution in [2.45, 2.75) is 65.2 Å². The molecule has 0 aliphatic heterocycles. The van der Waals surface area contributed by atoms with E-state index in [9.17, 15) is 24.0 Å².